The normalized spacial score (nSPS) is 17.6. The summed E-state index contributed by atoms with van der Waals surface area (Å²) in [6.45, 7) is 0.544. The lowest BCUT2D eigenvalue weighted by Gasteiger charge is -2.17. The topological polar surface area (TPSA) is 101 Å². The van der Waals surface area contributed by atoms with E-state index in [1.807, 2.05) is 30.3 Å². The van der Waals surface area contributed by atoms with Gasteiger partial charge >= 0.3 is 0 Å². The van der Waals surface area contributed by atoms with Crippen LogP contribution in [0.3, 0.4) is 0 Å². The van der Waals surface area contributed by atoms with Gasteiger partial charge < -0.3 is 10.6 Å². The van der Waals surface area contributed by atoms with E-state index >= 15 is 0 Å². The van der Waals surface area contributed by atoms with Gasteiger partial charge in [0.05, 0.1) is 6.04 Å². The molecule has 0 radical (unpaired) electrons. The quantitative estimate of drug-likeness (QED) is 0.639. The number of anilines is 1. The molecule has 2 saturated carbocycles. The average molecular weight is 427 g/mol. The highest BCUT2D eigenvalue weighted by atomic mass is 32.2. The Hall–Kier alpha value is -2.74. The molecule has 2 aliphatic carbocycles. The molecule has 0 bridgehead atoms. The fraction of sp³-hybridized carbons (Fsp3) is 0.409. The van der Waals surface area contributed by atoms with Gasteiger partial charge in [0, 0.05) is 30.3 Å². The lowest BCUT2D eigenvalue weighted by molar-refractivity contribution is 0.0940. The maximum absolute atomic E-state index is 13.0. The molecule has 7 nitrogen and oxygen atoms in total. The van der Waals surface area contributed by atoms with Crippen LogP contribution < -0.4 is 10.6 Å². The highest BCUT2D eigenvalue weighted by Gasteiger charge is 2.32. The van der Waals surface area contributed by atoms with Crippen molar-refractivity contribution < 1.29 is 13.2 Å². The molecule has 1 heterocycles. The van der Waals surface area contributed by atoms with E-state index in [-0.39, 0.29) is 17.9 Å². The van der Waals surface area contributed by atoms with Gasteiger partial charge in [-0.05, 0) is 37.2 Å². The first-order valence-corrected chi connectivity index (χ1v) is 12.2. The number of aromatic nitrogens is 2. The molecule has 4 rings (SSSR count). The molecule has 1 aromatic heterocycles. The molecule has 2 aromatic rings. The number of carbonyl (C=O) groups is 1. The maximum atomic E-state index is 13.0. The smallest absolute Gasteiger partial charge is 0.257 e. The van der Waals surface area contributed by atoms with Crippen molar-refractivity contribution in [3.8, 4) is 0 Å². The Balaban J connectivity index is 1.53. The van der Waals surface area contributed by atoms with Gasteiger partial charge in [-0.1, -0.05) is 36.4 Å². The summed E-state index contributed by atoms with van der Waals surface area (Å²) in [5.74, 6) is 1.60. The number of sulfone groups is 1. The van der Waals surface area contributed by atoms with Crippen LogP contribution in [0.1, 0.15) is 53.3 Å². The predicted molar refractivity (Wildman–Crippen MR) is 116 cm³/mol. The molecule has 2 N–H and O–H groups in total. The summed E-state index contributed by atoms with van der Waals surface area (Å²) < 4.78 is 23.0. The first-order chi connectivity index (χ1) is 14.4. The second-order valence-electron chi connectivity index (χ2n) is 8.10. The summed E-state index contributed by atoms with van der Waals surface area (Å²) >= 11 is 0. The molecule has 8 heteroatoms. The van der Waals surface area contributed by atoms with Gasteiger partial charge in [-0.15, -0.1) is 0 Å². The minimum atomic E-state index is -3.25. The maximum Gasteiger partial charge on any atom is 0.257 e. The zero-order valence-electron chi connectivity index (χ0n) is 16.9. The summed E-state index contributed by atoms with van der Waals surface area (Å²) in [7, 11) is -3.25. The van der Waals surface area contributed by atoms with Crippen molar-refractivity contribution in [3.05, 3.63) is 65.0 Å². The van der Waals surface area contributed by atoms with E-state index in [2.05, 4.69) is 20.6 Å². The number of amides is 1. The number of rotatable bonds is 9. The largest absolute Gasteiger partial charge is 0.365 e. The molecular weight excluding hydrogens is 400 g/mol. The van der Waals surface area contributed by atoms with Crippen molar-refractivity contribution in [1.82, 2.24) is 15.3 Å². The lowest BCUT2D eigenvalue weighted by atomic mass is 10.1. The van der Waals surface area contributed by atoms with Crippen LogP contribution in [0, 0.1) is 5.92 Å². The minimum Gasteiger partial charge on any atom is -0.365 e. The number of nitrogens with one attached hydrogen (secondary N) is 2. The van der Waals surface area contributed by atoms with Crippen LogP contribution >= 0.6 is 0 Å². The SMILES string of the molecule is CS(=O)(=O)/C=C/[C@H](NC(=O)c1cnc(C2CC2)nc1NCc1ccccc1)C1CC1. The first-order valence-electron chi connectivity index (χ1n) is 10.2. The molecule has 1 amide bonds. The van der Waals surface area contributed by atoms with Crippen LogP contribution in [0.2, 0.25) is 0 Å². The second-order valence-corrected chi connectivity index (χ2v) is 10.0. The monoisotopic (exact) mass is 426 g/mol. The van der Waals surface area contributed by atoms with Gasteiger partial charge in [-0.2, -0.15) is 0 Å². The molecule has 158 valence electrons. The van der Waals surface area contributed by atoms with Crippen molar-refractivity contribution in [2.24, 2.45) is 5.92 Å². The second kappa shape index (κ2) is 8.55. The summed E-state index contributed by atoms with van der Waals surface area (Å²) in [6.07, 6.45) is 8.37. The number of hydrogen-bond donors (Lipinski definition) is 2. The van der Waals surface area contributed by atoms with Gasteiger partial charge in [0.25, 0.3) is 5.91 Å². The highest BCUT2D eigenvalue weighted by Crippen LogP contribution is 2.38. The number of nitrogens with zero attached hydrogens (tertiary/aromatic N) is 2. The molecule has 0 spiro atoms. The van der Waals surface area contributed by atoms with Gasteiger partial charge in [0.15, 0.2) is 9.84 Å². The third kappa shape index (κ3) is 5.66. The molecule has 0 aliphatic heterocycles. The number of carbonyl (C=O) groups excluding carboxylic acids is 1. The Morgan fingerprint density at radius 1 is 1.20 bits per heavy atom. The Labute approximate surface area is 176 Å². The van der Waals surface area contributed by atoms with Gasteiger partial charge in [0.1, 0.15) is 17.2 Å². The van der Waals surface area contributed by atoms with Crippen LogP contribution in [0.25, 0.3) is 0 Å². The Morgan fingerprint density at radius 2 is 1.93 bits per heavy atom. The zero-order valence-corrected chi connectivity index (χ0v) is 17.7. The van der Waals surface area contributed by atoms with E-state index in [1.54, 1.807) is 12.3 Å². The number of benzene rings is 1. The minimum absolute atomic E-state index is 0.263. The Morgan fingerprint density at radius 3 is 2.57 bits per heavy atom. The van der Waals surface area contributed by atoms with Crippen molar-refractivity contribution in [3.63, 3.8) is 0 Å². The molecule has 0 unspecified atom stereocenters. The van der Waals surface area contributed by atoms with E-state index < -0.39 is 9.84 Å². The Bertz CT molecular complexity index is 1050. The summed E-state index contributed by atoms with van der Waals surface area (Å²) in [4.78, 5) is 22.1. The average Bonchev–Trinajstić information content (AvgIpc) is 3.62. The fourth-order valence-corrected chi connectivity index (χ4v) is 3.71. The van der Waals surface area contributed by atoms with Crippen molar-refractivity contribution in [2.45, 2.75) is 44.2 Å². The molecule has 0 saturated heterocycles. The first kappa shape index (κ1) is 20.5. The van der Waals surface area contributed by atoms with Crippen LogP contribution in [0.4, 0.5) is 5.82 Å². The summed E-state index contributed by atoms with van der Waals surface area (Å²) in [6, 6.07) is 9.59. The molecule has 1 aromatic carbocycles. The van der Waals surface area contributed by atoms with Crippen LogP contribution in [-0.4, -0.2) is 36.6 Å². The predicted octanol–water partition coefficient (Wildman–Crippen LogP) is 3.03. The molecule has 2 fully saturated rings. The highest BCUT2D eigenvalue weighted by molar-refractivity contribution is 7.93. The molecule has 30 heavy (non-hydrogen) atoms. The van der Waals surface area contributed by atoms with Gasteiger partial charge in [0.2, 0.25) is 0 Å². The van der Waals surface area contributed by atoms with Crippen molar-refractivity contribution in [2.75, 3.05) is 11.6 Å². The molecular formula is C22H26N4O3S. The number of hydrogen-bond acceptors (Lipinski definition) is 6. The third-order valence-corrected chi connectivity index (χ3v) is 5.91. The van der Waals surface area contributed by atoms with E-state index in [9.17, 15) is 13.2 Å². The fourth-order valence-electron chi connectivity index (χ4n) is 3.25. The van der Waals surface area contributed by atoms with E-state index in [0.717, 1.165) is 48.7 Å². The van der Waals surface area contributed by atoms with Crippen LogP contribution in [0.15, 0.2) is 48.0 Å². The van der Waals surface area contributed by atoms with Gasteiger partial charge in [-0.3, -0.25) is 4.79 Å². The van der Waals surface area contributed by atoms with Gasteiger partial charge in [-0.25, -0.2) is 18.4 Å². The Kier molecular flexibility index (Phi) is 5.85. The molecule has 1 atom stereocenters. The van der Waals surface area contributed by atoms with Crippen LogP contribution in [0.5, 0.6) is 0 Å². The summed E-state index contributed by atoms with van der Waals surface area (Å²) in [5, 5.41) is 7.41. The zero-order chi connectivity index (χ0) is 21.1. The lowest BCUT2D eigenvalue weighted by Crippen LogP contribution is -2.35. The van der Waals surface area contributed by atoms with E-state index in [4.69, 9.17) is 0 Å². The summed E-state index contributed by atoms with van der Waals surface area (Å²) in [5.41, 5.74) is 1.45. The standard InChI is InChI=1S/C22H26N4O3S/c1-30(28,29)12-11-19(16-7-8-16)25-22(27)18-14-24-20(17-9-10-17)26-21(18)23-13-15-5-3-2-4-6-15/h2-6,11-12,14,16-17,19H,7-10,13H2,1H3,(H,25,27)(H,23,24,26)/b12-11+/t19-/m0/s1. The van der Waals surface area contributed by atoms with E-state index in [0.29, 0.717) is 23.8 Å². The molecule has 2 aliphatic rings. The van der Waals surface area contributed by atoms with Crippen molar-refractivity contribution >= 4 is 21.6 Å². The van der Waals surface area contributed by atoms with E-state index in [1.165, 1.54) is 0 Å². The van der Waals surface area contributed by atoms with Crippen molar-refractivity contribution in [1.29, 1.82) is 0 Å². The van der Waals surface area contributed by atoms with Crippen LogP contribution in [-0.2, 0) is 16.4 Å². The third-order valence-electron chi connectivity index (χ3n) is 5.26.